The highest BCUT2D eigenvalue weighted by atomic mass is 32.1. The molecule has 4 aromatic heterocycles. The number of carboxylic acids is 1. The van der Waals surface area contributed by atoms with Crippen molar-refractivity contribution in [1.29, 1.82) is 0 Å². The molecule has 0 radical (unpaired) electrons. The van der Waals surface area contributed by atoms with Crippen LogP contribution in [0.4, 0.5) is 13.2 Å². The minimum absolute atomic E-state index is 0.0115. The zero-order valence-electron chi connectivity index (χ0n) is 20.7. The molecule has 1 aliphatic heterocycles. The SMILES string of the molecule is Cc1nc(Cn2cnc(-c3nc(C(=O)N4CCCN(C)CC4)c4ccccn34)c2)cs1.O=C(O)C(F)(F)F. The normalized spacial score (nSPS) is 14.7. The van der Waals surface area contributed by atoms with E-state index < -0.39 is 12.1 Å². The van der Waals surface area contributed by atoms with Crippen LogP contribution < -0.4 is 0 Å². The Labute approximate surface area is 220 Å². The minimum atomic E-state index is -5.08. The van der Waals surface area contributed by atoms with Gasteiger partial charge in [-0.15, -0.1) is 11.3 Å². The lowest BCUT2D eigenvalue weighted by molar-refractivity contribution is -0.192. The lowest BCUT2D eigenvalue weighted by Crippen LogP contribution is -2.34. The molecular weight excluding hydrogens is 523 g/mol. The first-order valence-electron chi connectivity index (χ1n) is 11.7. The summed E-state index contributed by atoms with van der Waals surface area (Å²) in [4.78, 5) is 40.3. The van der Waals surface area contributed by atoms with Gasteiger partial charge in [-0.2, -0.15) is 13.2 Å². The molecule has 1 fully saturated rings. The number of halogens is 3. The summed E-state index contributed by atoms with van der Waals surface area (Å²) in [5.74, 6) is -2.09. The van der Waals surface area contributed by atoms with Crippen LogP contribution in [0.1, 0.15) is 27.6 Å². The number of carbonyl (C=O) groups excluding carboxylic acids is 1. The van der Waals surface area contributed by atoms with E-state index in [0.29, 0.717) is 18.1 Å². The maximum absolute atomic E-state index is 13.4. The number of hydrogen-bond acceptors (Lipinski definition) is 7. The maximum Gasteiger partial charge on any atom is 0.490 e. The molecule has 14 heteroatoms. The topological polar surface area (TPSA) is 109 Å². The van der Waals surface area contributed by atoms with Crippen LogP contribution in [0.25, 0.3) is 17.0 Å². The summed E-state index contributed by atoms with van der Waals surface area (Å²) in [7, 11) is 2.10. The fraction of sp³-hybridized carbons (Fsp3) is 0.375. The molecule has 5 heterocycles. The highest BCUT2D eigenvalue weighted by Gasteiger charge is 2.38. The van der Waals surface area contributed by atoms with Gasteiger partial charge in [0.15, 0.2) is 11.5 Å². The van der Waals surface area contributed by atoms with Crippen molar-refractivity contribution in [2.24, 2.45) is 0 Å². The van der Waals surface area contributed by atoms with Crippen molar-refractivity contribution in [1.82, 2.24) is 33.7 Å². The molecule has 0 atom stereocenters. The molecule has 38 heavy (non-hydrogen) atoms. The van der Waals surface area contributed by atoms with E-state index in [-0.39, 0.29) is 5.91 Å². The molecule has 10 nitrogen and oxygen atoms in total. The zero-order chi connectivity index (χ0) is 27.4. The van der Waals surface area contributed by atoms with Gasteiger partial charge in [0.05, 0.1) is 29.1 Å². The van der Waals surface area contributed by atoms with Crippen molar-refractivity contribution >= 4 is 28.7 Å². The third-order valence-corrected chi connectivity index (χ3v) is 6.70. The van der Waals surface area contributed by atoms with Crippen molar-refractivity contribution in [2.75, 3.05) is 33.2 Å². The second kappa shape index (κ2) is 11.3. The first-order chi connectivity index (χ1) is 18.0. The summed E-state index contributed by atoms with van der Waals surface area (Å²) in [5.41, 5.74) is 3.05. The van der Waals surface area contributed by atoms with E-state index in [0.717, 1.165) is 54.5 Å². The van der Waals surface area contributed by atoms with Crippen LogP contribution in [0.15, 0.2) is 42.3 Å². The summed E-state index contributed by atoms with van der Waals surface area (Å²) in [6, 6.07) is 5.84. The first-order valence-corrected chi connectivity index (χ1v) is 12.6. The van der Waals surface area contributed by atoms with Gasteiger partial charge in [0.25, 0.3) is 5.91 Å². The highest BCUT2D eigenvalue weighted by molar-refractivity contribution is 7.09. The van der Waals surface area contributed by atoms with Gasteiger partial charge in [0.1, 0.15) is 5.69 Å². The molecule has 0 saturated carbocycles. The van der Waals surface area contributed by atoms with Crippen molar-refractivity contribution in [3.05, 3.63) is 58.7 Å². The molecule has 4 aromatic rings. The Hall–Kier alpha value is -3.78. The van der Waals surface area contributed by atoms with Crippen molar-refractivity contribution in [3.63, 3.8) is 0 Å². The monoisotopic (exact) mass is 549 g/mol. The molecule has 5 rings (SSSR count). The molecule has 0 aliphatic carbocycles. The Morgan fingerprint density at radius 3 is 2.58 bits per heavy atom. The summed E-state index contributed by atoms with van der Waals surface area (Å²) in [6.45, 7) is 6.03. The Balaban J connectivity index is 0.000000426. The lowest BCUT2D eigenvalue weighted by atomic mass is 10.3. The Bertz CT molecular complexity index is 1430. The van der Waals surface area contributed by atoms with Gasteiger partial charge in [-0.05, 0) is 39.1 Å². The Morgan fingerprint density at radius 2 is 1.89 bits per heavy atom. The number of rotatable bonds is 4. The number of aromatic nitrogens is 5. The number of alkyl halides is 3. The number of imidazole rings is 2. The van der Waals surface area contributed by atoms with E-state index in [1.54, 1.807) is 17.7 Å². The lowest BCUT2D eigenvalue weighted by Gasteiger charge is -2.19. The van der Waals surface area contributed by atoms with Gasteiger partial charge in [0.2, 0.25) is 0 Å². The van der Waals surface area contributed by atoms with Gasteiger partial charge in [-0.25, -0.2) is 19.7 Å². The smallest absolute Gasteiger partial charge is 0.475 e. The molecule has 1 aliphatic rings. The minimum Gasteiger partial charge on any atom is -0.475 e. The molecule has 0 aromatic carbocycles. The van der Waals surface area contributed by atoms with Crippen LogP contribution in [0.5, 0.6) is 0 Å². The van der Waals surface area contributed by atoms with E-state index in [2.05, 4.69) is 27.3 Å². The number of hydrogen-bond donors (Lipinski definition) is 1. The number of aryl methyl sites for hydroxylation is 1. The third kappa shape index (κ3) is 6.37. The van der Waals surface area contributed by atoms with Crippen LogP contribution in [-0.4, -0.2) is 90.1 Å². The van der Waals surface area contributed by atoms with E-state index in [9.17, 15) is 18.0 Å². The molecule has 1 saturated heterocycles. The zero-order valence-corrected chi connectivity index (χ0v) is 21.5. The van der Waals surface area contributed by atoms with Gasteiger partial charge in [-0.1, -0.05) is 6.07 Å². The number of pyridine rings is 1. The van der Waals surface area contributed by atoms with Crippen molar-refractivity contribution in [3.8, 4) is 11.5 Å². The summed E-state index contributed by atoms with van der Waals surface area (Å²) in [5, 5.41) is 10.2. The first kappa shape index (κ1) is 27.3. The van der Waals surface area contributed by atoms with Crippen molar-refractivity contribution < 1.29 is 27.9 Å². The molecular formula is C24H26F3N7O3S. The van der Waals surface area contributed by atoms with Crippen LogP contribution >= 0.6 is 11.3 Å². The molecule has 0 spiro atoms. The standard InChI is InChI=1S/C22H25N7OS.C2HF3O2/c1-16-24-17(14-31-16)12-27-13-18(23-15-27)21-25-20(19-6-3-4-9-29(19)21)22(30)28-8-5-7-26(2)10-11-28;3-2(4,5)1(6)7/h3-4,6,9,13-15H,5,7-8,10-12H2,1-2H3;(H,6,7). The quantitative estimate of drug-likeness (QED) is 0.416. The number of fused-ring (bicyclic) bond motifs is 1. The fourth-order valence-corrected chi connectivity index (χ4v) is 4.61. The number of aliphatic carboxylic acids is 1. The number of carbonyl (C=O) groups is 2. The number of amides is 1. The van der Waals surface area contributed by atoms with Crippen molar-refractivity contribution in [2.45, 2.75) is 26.1 Å². The van der Waals surface area contributed by atoms with Gasteiger partial charge >= 0.3 is 12.1 Å². The number of carboxylic acid groups (broad SMARTS) is 1. The van der Waals surface area contributed by atoms with Crippen LogP contribution in [0.2, 0.25) is 0 Å². The van der Waals surface area contributed by atoms with E-state index in [4.69, 9.17) is 14.9 Å². The van der Waals surface area contributed by atoms with Gasteiger partial charge in [-0.3, -0.25) is 9.20 Å². The highest BCUT2D eigenvalue weighted by Crippen LogP contribution is 2.23. The molecule has 202 valence electrons. The molecule has 0 bridgehead atoms. The second-order valence-electron chi connectivity index (χ2n) is 8.78. The molecule has 0 unspecified atom stereocenters. The van der Waals surface area contributed by atoms with E-state index in [1.807, 2.05) is 51.4 Å². The molecule has 1 N–H and O–H groups in total. The Kier molecular flexibility index (Phi) is 8.11. The fourth-order valence-electron chi connectivity index (χ4n) is 4.01. The number of thiazole rings is 1. The predicted molar refractivity (Wildman–Crippen MR) is 134 cm³/mol. The summed E-state index contributed by atoms with van der Waals surface area (Å²) in [6.07, 6.45) is 1.58. The largest absolute Gasteiger partial charge is 0.490 e. The third-order valence-electron chi connectivity index (χ3n) is 5.87. The number of likely N-dealkylation sites (N-methyl/N-ethyl adjacent to an activating group) is 1. The summed E-state index contributed by atoms with van der Waals surface area (Å²) < 4.78 is 35.7. The van der Waals surface area contributed by atoms with E-state index >= 15 is 0 Å². The van der Waals surface area contributed by atoms with Crippen LogP contribution in [0.3, 0.4) is 0 Å². The maximum atomic E-state index is 13.4. The Morgan fingerprint density at radius 1 is 1.13 bits per heavy atom. The average molecular weight is 550 g/mol. The van der Waals surface area contributed by atoms with Gasteiger partial charge < -0.3 is 19.5 Å². The second-order valence-corrected chi connectivity index (χ2v) is 9.84. The van der Waals surface area contributed by atoms with Crippen LogP contribution in [-0.2, 0) is 11.3 Å². The number of nitrogens with zero attached hydrogens (tertiary/aromatic N) is 7. The predicted octanol–water partition coefficient (Wildman–Crippen LogP) is 3.42. The summed E-state index contributed by atoms with van der Waals surface area (Å²) >= 11 is 1.64. The van der Waals surface area contributed by atoms with Crippen LogP contribution in [0, 0.1) is 6.92 Å². The van der Waals surface area contributed by atoms with Gasteiger partial charge in [0, 0.05) is 37.4 Å². The average Bonchev–Trinajstić information content (AvgIpc) is 3.55. The van der Waals surface area contributed by atoms with E-state index in [1.165, 1.54) is 0 Å². The molecule has 1 amide bonds.